The Morgan fingerprint density at radius 2 is 1.50 bits per heavy atom. The zero-order valence-electron chi connectivity index (χ0n) is 20.0. The van der Waals surface area contributed by atoms with Crippen molar-refractivity contribution in [3.8, 4) is 28.7 Å². The van der Waals surface area contributed by atoms with Gasteiger partial charge in [0.15, 0.2) is 23.0 Å². The second kappa shape index (κ2) is 9.86. The van der Waals surface area contributed by atoms with Crippen LogP contribution in [0.25, 0.3) is 0 Å². The Balaban J connectivity index is 1.76. The van der Waals surface area contributed by atoms with Gasteiger partial charge in [-0.1, -0.05) is 6.07 Å². The van der Waals surface area contributed by atoms with Crippen molar-refractivity contribution >= 4 is 11.7 Å². The average Bonchev–Trinajstić information content (AvgIpc) is 3.35. The summed E-state index contributed by atoms with van der Waals surface area (Å²) >= 11 is 0. The minimum atomic E-state index is -0.381. The summed E-state index contributed by atoms with van der Waals surface area (Å²) in [5, 5.41) is 2.99. The Hall–Kier alpha value is -4.01. The van der Waals surface area contributed by atoms with Crippen molar-refractivity contribution in [2.24, 2.45) is 0 Å². The van der Waals surface area contributed by atoms with Gasteiger partial charge >= 0.3 is 6.03 Å². The Morgan fingerprint density at radius 3 is 2.12 bits per heavy atom. The maximum Gasteiger partial charge on any atom is 0.322 e. The fraction of sp³-hybridized carbons (Fsp3) is 0.320. The molecule has 0 fully saturated rings. The summed E-state index contributed by atoms with van der Waals surface area (Å²) in [6, 6.07) is 12.5. The summed E-state index contributed by atoms with van der Waals surface area (Å²) in [7, 11) is 7.81. The molecule has 2 amide bonds. The van der Waals surface area contributed by atoms with Crippen LogP contribution in [-0.4, -0.2) is 57.6 Å². The highest BCUT2D eigenvalue weighted by Gasteiger charge is 2.34. The number of nitrogens with one attached hydrogen (secondary N) is 1. The number of fused-ring (bicyclic) bond motifs is 1. The summed E-state index contributed by atoms with van der Waals surface area (Å²) < 4.78 is 29.6. The topological polar surface area (TPSA) is 83.4 Å². The van der Waals surface area contributed by atoms with E-state index in [1.807, 2.05) is 30.5 Å². The van der Waals surface area contributed by atoms with Gasteiger partial charge in [-0.2, -0.15) is 0 Å². The van der Waals surface area contributed by atoms with Crippen molar-refractivity contribution in [3.05, 3.63) is 59.9 Å². The number of nitrogens with zero attached hydrogens (tertiary/aromatic N) is 2. The van der Waals surface area contributed by atoms with Gasteiger partial charge < -0.3 is 38.5 Å². The maximum absolute atomic E-state index is 13.6. The van der Waals surface area contributed by atoms with Gasteiger partial charge in [0.05, 0.1) is 47.3 Å². The molecule has 0 aliphatic carbocycles. The van der Waals surface area contributed by atoms with Crippen LogP contribution in [0.5, 0.6) is 28.7 Å². The molecule has 1 aromatic heterocycles. The fourth-order valence-corrected chi connectivity index (χ4v) is 4.38. The number of carbonyl (C=O) groups excluding carboxylic acids is 1. The number of aromatic nitrogens is 1. The number of hydrogen-bond acceptors (Lipinski definition) is 6. The van der Waals surface area contributed by atoms with Gasteiger partial charge in [0.1, 0.15) is 0 Å². The van der Waals surface area contributed by atoms with Gasteiger partial charge in [-0.3, -0.25) is 0 Å². The van der Waals surface area contributed by atoms with Crippen molar-refractivity contribution < 1.29 is 28.5 Å². The number of ether oxygens (including phenoxy) is 5. The van der Waals surface area contributed by atoms with Gasteiger partial charge in [-0.25, -0.2) is 4.79 Å². The number of urea groups is 1. The highest BCUT2D eigenvalue weighted by atomic mass is 16.5. The molecular weight excluding hydrogens is 438 g/mol. The van der Waals surface area contributed by atoms with Crippen molar-refractivity contribution in [1.29, 1.82) is 0 Å². The molecular formula is C25H29N3O6. The van der Waals surface area contributed by atoms with E-state index in [9.17, 15) is 4.79 Å². The zero-order chi connectivity index (χ0) is 24.2. The van der Waals surface area contributed by atoms with E-state index < -0.39 is 0 Å². The molecule has 9 heteroatoms. The van der Waals surface area contributed by atoms with E-state index >= 15 is 0 Å². The summed E-state index contributed by atoms with van der Waals surface area (Å²) in [6.07, 6.45) is 2.01. The minimum absolute atomic E-state index is 0.266. The summed E-state index contributed by atoms with van der Waals surface area (Å²) in [5.74, 6) is 2.54. The molecule has 1 N–H and O–H groups in total. The van der Waals surface area contributed by atoms with E-state index in [4.69, 9.17) is 23.7 Å². The Morgan fingerprint density at radius 1 is 0.824 bits per heavy atom. The lowest BCUT2D eigenvalue weighted by molar-refractivity contribution is 0.181. The maximum atomic E-state index is 13.6. The van der Waals surface area contributed by atoms with Crippen LogP contribution in [0.2, 0.25) is 0 Å². The monoisotopic (exact) mass is 467 g/mol. The van der Waals surface area contributed by atoms with Gasteiger partial charge in [-0.15, -0.1) is 0 Å². The lowest BCUT2D eigenvalue weighted by atomic mass is 9.99. The molecule has 3 aromatic rings. The SMILES string of the molecule is COc1cccc(NC(=O)N2CCn3cccc3[C@H]2c2cc(OC)c(OC)c(OC)c2)c1OC. The standard InChI is InChI=1S/C25H29N3O6/c1-30-19-10-6-8-17(23(19)33-4)26-25(29)28-13-12-27-11-7-9-18(27)22(28)16-14-20(31-2)24(34-5)21(15-16)32-3/h6-11,14-15,22H,12-13H2,1-5H3,(H,26,29)/t22-/m1/s1. The van der Waals surface area contributed by atoms with Crippen LogP contribution < -0.4 is 29.0 Å². The molecule has 2 heterocycles. The Labute approximate surface area is 198 Å². The smallest absolute Gasteiger partial charge is 0.322 e. The molecule has 1 aliphatic heterocycles. The van der Waals surface area contributed by atoms with Crippen molar-refractivity contribution in [2.75, 3.05) is 47.4 Å². The van der Waals surface area contributed by atoms with Crippen molar-refractivity contribution in [1.82, 2.24) is 9.47 Å². The van der Waals surface area contributed by atoms with E-state index in [0.29, 0.717) is 47.5 Å². The van der Waals surface area contributed by atoms with Crippen molar-refractivity contribution in [3.63, 3.8) is 0 Å². The van der Waals surface area contributed by atoms with Crippen LogP contribution in [-0.2, 0) is 6.54 Å². The predicted molar refractivity (Wildman–Crippen MR) is 128 cm³/mol. The molecule has 4 rings (SSSR count). The second-order valence-electron chi connectivity index (χ2n) is 7.65. The van der Waals surface area contributed by atoms with E-state index in [1.54, 1.807) is 58.6 Å². The highest BCUT2D eigenvalue weighted by Crippen LogP contribution is 2.43. The number of benzene rings is 2. The number of amides is 2. The fourth-order valence-electron chi connectivity index (χ4n) is 4.38. The van der Waals surface area contributed by atoms with Crippen LogP contribution >= 0.6 is 0 Å². The molecule has 1 atom stereocenters. The van der Waals surface area contributed by atoms with Gasteiger partial charge in [0, 0.05) is 25.0 Å². The minimum Gasteiger partial charge on any atom is -0.493 e. The third-order valence-electron chi connectivity index (χ3n) is 5.95. The average molecular weight is 468 g/mol. The lowest BCUT2D eigenvalue weighted by Crippen LogP contribution is -2.44. The van der Waals surface area contributed by atoms with Crippen LogP contribution in [0.4, 0.5) is 10.5 Å². The molecule has 0 unspecified atom stereocenters. The van der Waals surface area contributed by atoms with Crippen LogP contribution in [0.3, 0.4) is 0 Å². The highest BCUT2D eigenvalue weighted by molar-refractivity contribution is 5.92. The quantitative estimate of drug-likeness (QED) is 0.562. The molecule has 9 nitrogen and oxygen atoms in total. The normalized spacial score (nSPS) is 14.7. The van der Waals surface area contributed by atoms with E-state index in [-0.39, 0.29) is 12.1 Å². The third kappa shape index (κ3) is 4.05. The predicted octanol–water partition coefficient (Wildman–Crippen LogP) is 4.17. The summed E-state index contributed by atoms with van der Waals surface area (Å²) in [6.45, 7) is 1.17. The first-order chi connectivity index (χ1) is 16.6. The summed E-state index contributed by atoms with van der Waals surface area (Å²) in [5.41, 5.74) is 2.34. The zero-order valence-corrected chi connectivity index (χ0v) is 20.0. The van der Waals surface area contributed by atoms with Crippen LogP contribution in [0.15, 0.2) is 48.7 Å². The number of anilines is 1. The third-order valence-corrected chi connectivity index (χ3v) is 5.95. The van der Waals surface area contributed by atoms with Gasteiger partial charge in [0.2, 0.25) is 5.75 Å². The number of carbonyl (C=O) groups is 1. The largest absolute Gasteiger partial charge is 0.493 e. The van der Waals surface area contributed by atoms with Crippen LogP contribution in [0.1, 0.15) is 17.3 Å². The molecule has 0 radical (unpaired) electrons. The lowest BCUT2D eigenvalue weighted by Gasteiger charge is -2.37. The molecule has 34 heavy (non-hydrogen) atoms. The van der Waals surface area contributed by atoms with Crippen LogP contribution in [0, 0.1) is 0 Å². The van der Waals surface area contributed by atoms with Gasteiger partial charge in [-0.05, 0) is 42.0 Å². The number of para-hydroxylation sites is 1. The first-order valence-electron chi connectivity index (χ1n) is 10.8. The Bertz CT molecular complexity index is 1150. The molecule has 2 aromatic carbocycles. The first-order valence-corrected chi connectivity index (χ1v) is 10.8. The molecule has 0 bridgehead atoms. The Kier molecular flexibility index (Phi) is 6.72. The van der Waals surface area contributed by atoms with E-state index in [1.165, 1.54) is 0 Å². The van der Waals surface area contributed by atoms with E-state index in [2.05, 4.69) is 9.88 Å². The molecule has 0 saturated carbocycles. The molecule has 180 valence electrons. The number of hydrogen-bond donors (Lipinski definition) is 1. The first kappa shape index (κ1) is 23.2. The second-order valence-corrected chi connectivity index (χ2v) is 7.65. The molecule has 1 aliphatic rings. The van der Waals surface area contributed by atoms with Gasteiger partial charge in [0.25, 0.3) is 0 Å². The molecule has 0 saturated heterocycles. The van der Waals surface area contributed by atoms with E-state index in [0.717, 1.165) is 11.3 Å². The van der Waals surface area contributed by atoms with Crippen molar-refractivity contribution in [2.45, 2.75) is 12.6 Å². The number of rotatable bonds is 7. The number of methoxy groups -OCH3 is 5. The summed E-state index contributed by atoms with van der Waals surface area (Å²) in [4.78, 5) is 15.4. The molecule has 0 spiro atoms.